The third kappa shape index (κ3) is 5.52. The molecule has 1 atom stereocenters. The van der Waals surface area contributed by atoms with Crippen LogP contribution in [0.25, 0.3) is 0 Å². The van der Waals surface area contributed by atoms with Gasteiger partial charge in [0.2, 0.25) is 11.8 Å². The lowest BCUT2D eigenvalue weighted by atomic mass is 10.1. The van der Waals surface area contributed by atoms with Crippen LogP contribution < -0.4 is 5.32 Å². The number of hydrogen-bond acceptors (Lipinski definition) is 3. The average molecular weight is 339 g/mol. The third-order valence-electron chi connectivity index (χ3n) is 3.97. The summed E-state index contributed by atoms with van der Waals surface area (Å²) in [5.41, 5.74) is 1.10. The zero-order valence-corrected chi connectivity index (χ0v) is 14.1. The van der Waals surface area contributed by atoms with Crippen molar-refractivity contribution < 1.29 is 14.3 Å². The molecule has 1 unspecified atom stereocenters. The highest BCUT2D eigenvalue weighted by molar-refractivity contribution is 6.30. The lowest BCUT2D eigenvalue weighted by molar-refractivity contribution is -0.129. The van der Waals surface area contributed by atoms with E-state index >= 15 is 0 Å². The average Bonchev–Trinajstić information content (AvgIpc) is 2.91. The number of carbonyl (C=O) groups is 2. The van der Waals surface area contributed by atoms with Crippen LogP contribution in [0.15, 0.2) is 24.3 Å². The first-order valence-electron chi connectivity index (χ1n) is 7.89. The Bertz CT molecular complexity index is 550. The van der Waals surface area contributed by atoms with E-state index in [-0.39, 0.29) is 17.7 Å². The summed E-state index contributed by atoms with van der Waals surface area (Å²) in [5, 5.41) is 3.56. The lowest BCUT2D eigenvalue weighted by Crippen LogP contribution is -2.34. The van der Waals surface area contributed by atoms with Gasteiger partial charge in [-0.25, -0.2) is 0 Å². The van der Waals surface area contributed by atoms with Crippen molar-refractivity contribution in [2.24, 2.45) is 5.92 Å². The minimum absolute atomic E-state index is 0.0419. The number of amides is 2. The minimum atomic E-state index is -0.246. The summed E-state index contributed by atoms with van der Waals surface area (Å²) in [6, 6.07) is 7.63. The van der Waals surface area contributed by atoms with Gasteiger partial charge in [-0.1, -0.05) is 23.7 Å². The Morgan fingerprint density at radius 1 is 1.48 bits per heavy atom. The Balaban J connectivity index is 1.77. The second kappa shape index (κ2) is 8.89. The van der Waals surface area contributed by atoms with Crippen LogP contribution in [0, 0.1) is 5.92 Å². The van der Waals surface area contributed by atoms with Gasteiger partial charge in [0.05, 0.1) is 5.92 Å². The van der Waals surface area contributed by atoms with Gasteiger partial charge >= 0.3 is 0 Å². The summed E-state index contributed by atoms with van der Waals surface area (Å²) in [6.07, 6.45) is 1.82. The maximum absolute atomic E-state index is 12.1. The van der Waals surface area contributed by atoms with Crippen LogP contribution in [0.3, 0.4) is 0 Å². The minimum Gasteiger partial charge on any atom is -0.385 e. The van der Waals surface area contributed by atoms with Crippen molar-refractivity contribution in [3.05, 3.63) is 34.9 Å². The maximum atomic E-state index is 12.1. The molecule has 0 aromatic heterocycles. The molecule has 0 bridgehead atoms. The summed E-state index contributed by atoms with van der Waals surface area (Å²) >= 11 is 5.96. The van der Waals surface area contributed by atoms with E-state index in [0.29, 0.717) is 37.7 Å². The molecular formula is C17H23ClN2O3. The van der Waals surface area contributed by atoms with Gasteiger partial charge < -0.3 is 15.0 Å². The molecule has 0 radical (unpaired) electrons. The molecule has 1 aliphatic heterocycles. The molecule has 1 saturated heterocycles. The van der Waals surface area contributed by atoms with Gasteiger partial charge in [-0.15, -0.1) is 0 Å². The molecule has 0 saturated carbocycles. The van der Waals surface area contributed by atoms with Gasteiger partial charge in [0, 0.05) is 44.8 Å². The fraction of sp³-hybridized carbons (Fsp3) is 0.529. The quantitative estimate of drug-likeness (QED) is 0.736. The highest BCUT2D eigenvalue weighted by atomic mass is 35.5. The predicted molar refractivity (Wildman–Crippen MR) is 89.3 cm³/mol. The van der Waals surface area contributed by atoms with E-state index in [0.717, 1.165) is 18.4 Å². The zero-order chi connectivity index (χ0) is 16.7. The van der Waals surface area contributed by atoms with Crippen LogP contribution in [0.5, 0.6) is 0 Å². The van der Waals surface area contributed by atoms with E-state index in [1.165, 1.54) is 0 Å². The van der Waals surface area contributed by atoms with Gasteiger partial charge in [-0.2, -0.15) is 0 Å². The molecule has 5 nitrogen and oxygen atoms in total. The first-order valence-corrected chi connectivity index (χ1v) is 8.27. The molecule has 1 aromatic carbocycles. The second-order valence-electron chi connectivity index (χ2n) is 5.76. The van der Waals surface area contributed by atoms with Crippen molar-refractivity contribution in [1.82, 2.24) is 10.2 Å². The first-order chi connectivity index (χ1) is 11.1. The Labute approximate surface area is 141 Å². The molecule has 1 aromatic rings. The zero-order valence-electron chi connectivity index (χ0n) is 13.4. The number of methoxy groups -OCH3 is 1. The van der Waals surface area contributed by atoms with Crippen LogP contribution >= 0.6 is 11.6 Å². The molecular weight excluding hydrogens is 316 g/mol. The van der Waals surface area contributed by atoms with Crippen LogP contribution in [-0.2, 0) is 20.7 Å². The number of ether oxygens (including phenoxy) is 1. The molecule has 6 heteroatoms. The van der Waals surface area contributed by atoms with Crippen molar-refractivity contribution in [2.45, 2.75) is 19.3 Å². The molecule has 23 heavy (non-hydrogen) atoms. The van der Waals surface area contributed by atoms with Crippen molar-refractivity contribution >= 4 is 23.4 Å². The second-order valence-corrected chi connectivity index (χ2v) is 6.19. The van der Waals surface area contributed by atoms with Gasteiger partial charge in [0.1, 0.15) is 0 Å². The van der Waals surface area contributed by atoms with Crippen LogP contribution in [0.1, 0.15) is 18.4 Å². The lowest BCUT2D eigenvalue weighted by Gasteiger charge is -2.16. The monoisotopic (exact) mass is 338 g/mol. The molecule has 0 spiro atoms. The topological polar surface area (TPSA) is 58.6 Å². The molecule has 1 heterocycles. The van der Waals surface area contributed by atoms with Crippen LogP contribution in [0.2, 0.25) is 5.02 Å². The standard InChI is InChI=1S/C17H23ClN2O3/c1-23-9-3-7-19-17(22)14-11-16(21)20(12-14)8-6-13-4-2-5-15(18)10-13/h2,4-5,10,14H,3,6-9,11-12H2,1H3,(H,19,22). The van der Waals surface area contributed by atoms with E-state index < -0.39 is 0 Å². The molecule has 1 N–H and O–H groups in total. The summed E-state index contributed by atoms with van der Waals surface area (Å²) in [6.45, 7) is 2.32. The number of halogens is 1. The smallest absolute Gasteiger partial charge is 0.225 e. The Kier molecular flexibility index (Phi) is 6.86. The number of nitrogens with one attached hydrogen (secondary N) is 1. The Morgan fingerprint density at radius 2 is 2.30 bits per heavy atom. The van der Waals surface area contributed by atoms with Crippen LogP contribution in [0.4, 0.5) is 0 Å². The van der Waals surface area contributed by atoms with Gasteiger partial charge in [-0.05, 0) is 30.5 Å². The number of likely N-dealkylation sites (tertiary alicyclic amines) is 1. The maximum Gasteiger partial charge on any atom is 0.225 e. The van der Waals surface area contributed by atoms with E-state index in [4.69, 9.17) is 16.3 Å². The van der Waals surface area contributed by atoms with Gasteiger partial charge in [0.25, 0.3) is 0 Å². The van der Waals surface area contributed by atoms with Gasteiger partial charge in [-0.3, -0.25) is 9.59 Å². The normalized spacial score (nSPS) is 17.6. The van der Waals surface area contributed by atoms with E-state index in [1.807, 2.05) is 24.3 Å². The fourth-order valence-electron chi connectivity index (χ4n) is 2.69. The van der Waals surface area contributed by atoms with Crippen molar-refractivity contribution in [2.75, 3.05) is 33.4 Å². The number of benzene rings is 1. The Hall–Kier alpha value is -1.59. The summed E-state index contributed by atoms with van der Waals surface area (Å²) in [7, 11) is 1.63. The fourth-order valence-corrected chi connectivity index (χ4v) is 2.91. The largest absolute Gasteiger partial charge is 0.385 e. The van der Waals surface area contributed by atoms with Crippen molar-refractivity contribution in [1.29, 1.82) is 0 Å². The summed E-state index contributed by atoms with van der Waals surface area (Å²) in [4.78, 5) is 25.9. The summed E-state index contributed by atoms with van der Waals surface area (Å²) in [5.74, 6) is -0.242. The summed E-state index contributed by atoms with van der Waals surface area (Å²) < 4.78 is 4.94. The predicted octanol–water partition coefficient (Wildman–Crippen LogP) is 1.88. The van der Waals surface area contributed by atoms with Gasteiger partial charge in [0.15, 0.2) is 0 Å². The van der Waals surface area contributed by atoms with Crippen molar-refractivity contribution in [3.63, 3.8) is 0 Å². The number of nitrogens with zero attached hydrogens (tertiary/aromatic N) is 1. The molecule has 0 aliphatic carbocycles. The van der Waals surface area contributed by atoms with Crippen LogP contribution in [-0.4, -0.2) is 50.1 Å². The molecule has 126 valence electrons. The van der Waals surface area contributed by atoms with E-state index in [2.05, 4.69) is 5.32 Å². The Morgan fingerprint density at radius 3 is 3.04 bits per heavy atom. The molecule has 1 aliphatic rings. The molecule has 1 fully saturated rings. The highest BCUT2D eigenvalue weighted by Crippen LogP contribution is 2.19. The number of carbonyl (C=O) groups excluding carboxylic acids is 2. The highest BCUT2D eigenvalue weighted by Gasteiger charge is 2.33. The first kappa shape index (κ1) is 17.8. The number of hydrogen-bond donors (Lipinski definition) is 1. The van der Waals surface area contributed by atoms with E-state index in [1.54, 1.807) is 12.0 Å². The third-order valence-corrected chi connectivity index (χ3v) is 4.20. The molecule has 2 rings (SSSR count). The van der Waals surface area contributed by atoms with E-state index in [9.17, 15) is 9.59 Å². The SMILES string of the molecule is COCCCNC(=O)C1CC(=O)N(CCc2cccc(Cl)c2)C1. The van der Waals surface area contributed by atoms with Crippen molar-refractivity contribution in [3.8, 4) is 0 Å². The molecule has 2 amide bonds. The number of rotatable bonds is 8.